The number of amides is 1. The third-order valence-electron chi connectivity index (χ3n) is 18.0. The van der Waals surface area contributed by atoms with Crippen molar-refractivity contribution in [1.29, 1.82) is 0 Å². The fourth-order valence-corrected chi connectivity index (χ4v) is 14.0. The topological polar surface area (TPSA) is 263 Å². The van der Waals surface area contributed by atoms with Crippen LogP contribution in [0, 0.1) is 45.3 Å². The van der Waals surface area contributed by atoms with Gasteiger partial charge in [0, 0.05) is 6.92 Å². The van der Waals surface area contributed by atoms with Gasteiger partial charge < -0.3 is 74.6 Å². The quantitative estimate of drug-likeness (QED) is 0.113. The zero-order valence-corrected chi connectivity index (χ0v) is 40.1. The van der Waals surface area contributed by atoms with Gasteiger partial charge in [0.25, 0.3) is 0 Å². The van der Waals surface area contributed by atoms with Crippen molar-refractivity contribution in [3.05, 3.63) is 23.3 Å². The highest BCUT2D eigenvalue weighted by atomic mass is 16.8. The number of allylic oxidation sites excluding steroid dienone is 2. The first-order valence-corrected chi connectivity index (χ1v) is 24.4. The smallest absolute Gasteiger partial charge is 0.314 e. The Kier molecular flexibility index (Phi) is 15.4. The molecular formula is C49H79NO16. The zero-order valence-electron chi connectivity index (χ0n) is 40.1. The van der Waals surface area contributed by atoms with E-state index in [4.69, 9.17) is 28.4 Å². The molecule has 0 radical (unpaired) electrons. The van der Waals surface area contributed by atoms with Crippen molar-refractivity contribution < 1.29 is 78.9 Å². The first kappa shape index (κ1) is 51.7. The summed E-state index contributed by atoms with van der Waals surface area (Å²) in [5.74, 6) is -0.159. The van der Waals surface area contributed by atoms with Gasteiger partial charge in [-0.3, -0.25) is 9.59 Å². The first-order valence-electron chi connectivity index (χ1n) is 24.4. The van der Waals surface area contributed by atoms with Crippen LogP contribution in [0.2, 0.25) is 0 Å². The van der Waals surface area contributed by atoms with Crippen molar-refractivity contribution in [2.75, 3.05) is 19.8 Å². The van der Waals surface area contributed by atoms with E-state index < -0.39 is 115 Å². The van der Waals surface area contributed by atoms with Crippen LogP contribution in [-0.4, -0.2) is 159 Å². The molecule has 7 rings (SSSR count). The second-order valence-electron chi connectivity index (χ2n) is 22.2. The lowest BCUT2D eigenvalue weighted by Crippen LogP contribution is -2.68. The molecule has 0 aromatic heterocycles. The van der Waals surface area contributed by atoms with E-state index in [1.807, 2.05) is 0 Å². The molecule has 17 nitrogen and oxygen atoms in total. The van der Waals surface area contributed by atoms with Crippen molar-refractivity contribution in [2.45, 2.75) is 206 Å². The number of fused-ring (bicyclic) bond motifs is 4. The van der Waals surface area contributed by atoms with Crippen LogP contribution >= 0.6 is 0 Å². The second-order valence-corrected chi connectivity index (χ2v) is 22.2. The molecule has 3 aliphatic heterocycles. The Balaban J connectivity index is 1.17. The molecule has 0 spiro atoms. The monoisotopic (exact) mass is 938 g/mol. The maximum atomic E-state index is 13.9. The molecule has 20 atom stereocenters. The number of hydrogen-bond acceptors (Lipinski definition) is 15. The number of hydrogen-bond donors (Lipinski definition) is 9. The Morgan fingerprint density at radius 1 is 0.788 bits per heavy atom. The van der Waals surface area contributed by atoms with Crippen LogP contribution in [0.1, 0.15) is 120 Å². The Morgan fingerprint density at radius 2 is 1.45 bits per heavy atom. The van der Waals surface area contributed by atoms with Gasteiger partial charge in [-0.15, -0.1) is 0 Å². The minimum atomic E-state index is -1.73. The Morgan fingerprint density at radius 3 is 2.11 bits per heavy atom. The van der Waals surface area contributed by atoms with Gasteiger partial charge >= 0.3 is 5.97 Å². The van der Waals surface area contributed by atoms with Crippen LogP contribution in [0.15, 0.2) is 23.3 Å². The molecule has 0 bridgehead atoms. The Bertz CT molecular complexity index is 1810. The summed E-state index contributed by atoms with van der Waals surface area (Å²) < 4.78 is 37.3. The molecule has 66 heavy (non-hydrogen) atoms. The minimum absolute atomic E-state index is 0.0722. The molecule has 5 fully saturated rings. The molecule has 3 saturated heterocycles. The number of carbonyl (C=O) groups excluding carboxylic acids is 1. The number of aliphatic carboxylic acids is 1. The molecule has 0 aromatic carbocycles. The van der Waals surface area contributed by atoms with E-state index in [0.717, 1.165) is 44.1 Å². The molecule has 1 amide bonds. The lowest BCUT2D eigenvalue weighted by Gasteiger charge is -2.62. The van der Waals surface area contributed by atoms with Crippen molar-refractivity contribution in [2.24, 2.45) is 45.3 Å². The summed E-state index contributed by atoms with van der Waals surface area (Å²) in [4.78, 5) is 26.3. The lowest BCUT2D eigenvalue weighted by atomic mass is 9.43. The summed E-state index contributed by atoms with van der Waals surface area (Å²) in [7, 11) is 0. The number of nitrogens with one attached hydrogen (secondary N) is 1. The van der Waals surface area contributed by atoms with E-state index in [-0.39, 0.29) is 35.9 Å². The normalized spacial score (nSPS) is 46.2. The summed E-state index contributed by atoms with van der Waals surface area (Å²) in [5.41, 5.74) is 1.50. The molecular weight excluding hydrogens is 859 g/mol. The molecule has 20 unspecified atom stereocenters. The number of carbonyl (C=O) groups is 2. The van der Waals surface area contributed by atoms with E-state index in [0.29, 0.717) is 37.5 Å². The average molecular weight is 938 g/mol. The predicted octanol–water partition coefficient (Wildman–Crippen LogP) is 2.68. The van der Waals surface area contributed by atoms with Gasteiger partial charge in [-0.25, -0.2) is 0 Å². The fraction of sp³-hybridized carbons (Fsp3) is 0.878. The Hall–Kier alpha value is -2.10. The van der Waals surface area contributed by atoms with E-state index in [9.17, 15) is 50.4 Å². The van der Waals surface area contributed by atoms with Crippen LogP contribution in [0.4, 0.5) is 0 Å². The van der Waals surface area contributed by atoms with Crippen LogP contribution < -0.4 is 5.32 Å². The fourth-order valence-electron chi connectivity index (χ4n) is 14.0. The van der Waals surface area contributed by atoms with Gasteiger partial charge in [-0.2, -0.15) is 0 Å². The van der Waals surface area contributed by atoms with E-state index in [1.165, 1.54) is 18.1 Å². The van der Waals surface area contributed by atoms with Crippen molar-refractivity contribution in [1.82, 2.24) is 5.32 Å². The summed E-state index contributed by atoms with van der Waals surface area (Å²) in [5, 5.41) is 88.9. The van der Waals surface area contributed by atoms with E-state index >= 15 is 0 Å². The van der Waals surface area contributed by atoms with E-state index in [1.54, 1.807) is 0 Å². The zero-order chi connectivity index (χ0) is 48.4. The van der Waals surface area contributed by atoms with Gasteiger partial charge in [0.15, 0.2) is 18.9 Å². The SMILES string of the molecule is C=C(CCC(C)C1CCC2(C(=O)O)C3=C(CCC12C)C1(C)CCC(OC2OCC(O)C(OC4OCC(O)C(O)C4O)C2OC2OC(CO)C(O)C(O)C2NC(C)=O)C(C)(C)C1CC3)C(C)C. The van der Waals surface area contributed by atoms with Crippen molar-refractivity contribution >= 4 is 11.9 Å². The van der Waals surface area contributed by atoms with Crippen molar-refractivity contribution in [3.8, 4) is 0 Å². The third kappa shape index (κ3) is 8.87. The molecule has 0 aromatic rings. The van der Waals surface area contributed by atoms with Gasteiger partial charge in [0.05, 0.1) is 31.3 Å². The predicted molar refractivity (Wildman–Crippen MR) is 237 cm³/mol. The second kappa shape index (κ2) is 19.6. The van der Waals surface area contributed by atoms with Gasteiger partial charge in [0.2, 0.25) is 5.91 Å². The van der Waals surface area contributed by atoms with Gasteiger partial charge in [-0.1, -0.05) is 71.8 Å². The minimum Gasteiger partial charge on any atom is -0.481 e. The maximum Gasteiger partial charge on any atom is 0.314 e. The molecule has 376 valence electrons. The van der Waals surface area contributed by atoms with Crippen LogP contribution in [0.3, 0.4) is 0 Å². The Labute approximate surface area is 389 Å². The average Bonchev–Trinajstić information content (AvgIpc) is 3.59. The maximum absolute atomic E-state index is 13.9. The standard InChI is InChI=1S/C49H79NO16/c1-23(2)24(3)10-11-25(4)27-15-19-49(45(59)60)29-12-13-33-46(6,7)34(16-17-47(33,8)28(29)14-18-48(27,49)9)64-44-41(66-42-35(50-26(5)52)38(57)37(56)32(20-51)63-42)40(31(54)22-62-44)65-43-39(58)36(55)30(53)21-61-43/h23,25,27,30-44,51,53-58H,3,10-22H2,1-2,4-9H3,(H,50,52)(H,59,60). The summed E-state index contributed by atoms with van der Waals surface area (Å²) in [6.45, 7) is 19.6. The summed E-state index contributed by atoms with van der Waals surface area (Å²) >= 11 is 0. The summed E-state index contributed by atoms with van der Waals surface area (Å²) in [6.07, 6.45) is -10.8. The highest BCUT2D eigenvalue weighted by Gasteiger charge is 2.68. The molecule has 2 saturated carbocycles. The van der Waals surface area contributed by atoms with Crippen molar-refractivity contribution in [3.63, 3.8) is 0 Å². The lowest BCUT2D eigenvalue weighted by molar-refractivity contribution is -0.376. The van der Waals surface area contributed by atoms with Gasteiger partial charge in [0.1, 0.15) is 61.0 Å². The third-order valence-corrected chi connectivity index (χ3v) is 18.0. The first-order chi connectivity index (χ1) is 30.9. The molecule has 4 aliphatic carbocycles. The van der Waals surface area contributed by atoms with Gasteiger partial charge in [-0.05, 0) is 104 Å². The largest absolute Gasteiger partial charge is 0.481 e. The number of aliphatic hydroxyl groups is 7. The van der Waals surface area contributed by atoms with Crippen LogP contribution in [0.25, 0.3) is 0 Å². The summed E-state index contributed by atoms with van der Waals surface area (Å²) in [6, 6.07) is -1.37. The highest BCUT2D eigenvalue weighted by Crippen LogP contribution is 2.73. The van der Waals surface area contributed by atoms with Crippen LogP contribution in [-0.2, 0) is 38.0 Å². The van der Waals surface area contributed by atoms with Crippen LogP contribution in [0.5, 0.6) is 0 Å². The van der Waals surface area contributed by atoms with E-state index in [2.05, 4.69) is 60.4 Å². The molecule has 17 heteroatoms. The molecule has 9 N–H and O–H groups in total. The number of ether oxygens (including phenoxy) is 6. The molecule has 3 heterocycles. The number of aliphatic hydroxyl groups excluding tert-OH is 7. The molecule has 7 aliphatic rings. The highest BCUT2D eigenvalue weighted by molar-refractivity contribution is 5.82. The number of rotatable bonds is 14. The number of carboxylic acid groups (broad SMARTS) is 1. The number of carboxylic acids is 1.